The lowest BCUT2D eigenvalue weighted by Gasteiger charge is -2.17. The molecule has 1 aliphatic rings. The van der Waals surface area contributed by atoms with Gasteiger partial charge in [-0.25, -0.2) is 0 Å². The maximum atomic E-state index is 12.3. The number of likely N-dealkylation sites (N-methyl/N-ethyl adjacent to an activating group) is 1. The van der Waals surface area contributed by atoms with E-state index in [1.807, 2.05) is 11.9 Å². The summed E-state index contributed by atoms with van der Waals surface area (Å²) in [5.41, 5.74) is 1.16. The Hall–Kier alpha value is -2.57. The molecule has 2 N–H and O–H groups in total. The van der Waals surface area contributed by atoms with Crippen LogP contribution in [0.15, 0.2) is 48.5 Å². The van der Waals surface area contributed by atoms with Crippen molar-refractivity contribution in [1.29, 1.82) is 0 Å². The number of rotatable bonds is 9. The summed E-state index contributed by atoms with van der Waals surface area (Å²) in [5.74, 6) is 0.493. The number of nitrogens with zero attached hydrogens (tertiary/aromatic N) is 1. The summed E-state index contributed by atoms with van der Waals surface area (Å²) >= 11 is 5.84. The van der Waals surface area contributed by atoms with Crippen LogP contribution in [0.1, 0.15) is 23.2 Å². The first-order chi connectivity index (χ1) is 13.5. The number of carbonyl (C=O) groups excluding carboxylic acids is 2. The Morgan fingerprint density at radius 3 is 2.64 bits per heavy atom. The lowest BCUT2D eigenvalue weighted by Crippen LogP contribution is -2.33. The molecule has 0 unspecified atom stereocenters. The lowest BCUT2D eigenvalue weighted by molar-refractivity contribution is -0.117. The van der Waals surface area contributed by atoms with Crippen LogP contribution < -0.4 is 15.4 Å². The van der Waals surface area contributed by atoms with Gasteiger partial charge >= 0.3 is 0 Å². The van der Waals surface area contributed by atoms with Gasteiger partial charge in [-0.05, 0) is 62.4 Å². The zero-order chi connectivity index (χ0) is 19.9. The molecule has 7 heteroatoms. The summed E-state index contributed by atoms with van der Waals surface area (Å²) in [7, 11) is 1.85. The van der Waals surface area contributed by atoms with E-state index in [0.29, 0.717) is 35.5 Å². The van der Waals surface area contributed by atoms with Crippen LogP contribution in [0, 0.1) is 0 Å². The molecule has 0 atom stereocenters. The summed E-state index contributed by atoms with van der Waals surface area (Å²) in [6.07, 6.45) is 2.08. The highest BCUT2D eigenvalue weighted by Gasteiger charge is 2.23. The van der Waals surface area contributed by atoms with Gasteiger partial charge in [-0.1, -0.05) is 17.7 Å². The van der Waals surface area contributed by atoms with Crippen molar-refractivity contribution >= 4 is 29.1 Å². The highest BCUT2D eigenvalue weighted by molar-refractivity contribution is 6.30. The molecule has 6 nitrogen and oxygen atoms in total. The molecule has 3 rings (SSSR count). The second-order valence-corrected chi connectivity index (χ2v) is 7.35. The molecular formula is C21H24ClN3O3. The molecule has 0 spiro atoms. The number of benzene rings is 2. The van der Waals surface area contributed by atoms with Crippen molar-refractivity contribution in [3.8, 4) is 5.75 Å². The molecule has 0 heterocycles. The molecule has 1 fully saturated rings. The molecule has 2 aromatic rings. The number of amides is 2. The number of carbonyl (C=O) groups is 2. The minimum atomic E-state index is -0.145. The van der Waals surface area contributed by atoms with E-state index in [-0.39, 0.29) is 18.4 Å². The van der Waals surface area contributed by atoms with Gasteiger partial charge in [0.15, 0.2) is 0 Å². The van der Waals surface area contributed by atoms with Crippen LogP contribution in [-0.2, 0) is 4.79 Å². The van der Waals surface area contributed by atoms with Crippen LogP contribution in [-0.4, -0.2) is 49.5 Å². The Bertz CT molecular complexity index is 822. The summed E-state index contributed by atoms with van der Waals surface area (Å²) in [4.78, 5) is 26.2. The van der Waals surface area contributed by atoms with E-state index in [4.69, 9.17) is 16.3 Å². The first-order valence-corrected chi connectivity index (χ1v) is 9.65. The Morgan fingerprint density at radius 1 is 1.18 bits per heavy atom. The summed E-state index contributed by atoms with van der Waals surface area (Å²) < 4.78 is 5.63. The van der Waals surface area contributed by atoms with Crippen molar-refractivity contribution in [3.63, 3.8) is 0 Å². The smallest absolute Gasteiger partial charge is 0.251 e. The maximum Gasteiger partial charge on any atom is 0.251 e. The van der Waals surface area contributed by atoms with Crippen molar-refractivity contribution in [3.05, 3.63) is 59.1 Å². The van der Waals surface area contributed by atoms with Crippen molar-refractivity contribution in [1.82, 2.24) is 10.2 Å². The fraction of sp³-hybridized carbons (Fsp3) is 0.333. The highest BCUT2D eigenvalue weighted by Crippen LogP contribution is 2.20. The van der Waals surface area contributed by atoms with Gasteiger partial charge in [0, 0.05) is 28.9 Å². The molecule has 148 valence electrons. The van der Waals surface area contributed by atoms with Gasteiger partial charge < -0.3 is 15.4 Å². The molecule has 1 saturated carbocycles. The Balaban J connectivity index is 1.41. The first-order valence-electron chi connectivity index (χ1n) is 9.27. The van der Waals surface area contributed by atoms with Gasteiger partial charge in [0.05, 0.1) is 6.54 Å². The predicted molar refractivity (Wildman–Crippen MR) is 110 cm³/mol. The SMILES string of the molecule is CN(CCOc1ccc(Cl)cc1)CC(=O)Nc1cccc(C(=O)NC2CC2)c1. The third kappa shape index (κ3) is 6.55. The molecule has 2 aromatic carbocycles. The summed E-state index contributed by atoms with van der Waals surface area (Å²) in [6.45, 7) is 1.28. The lowest BCUT2D eigenvalue weighted by atomic mass is 10.2. The second-order valence-electron chi connectivity index (χ2n) is 6.92. The molecule has 1 aliphatic carbocycles. The minimum Gasteiger partial charge on any atom is -0.492 e. The number of hydrogen-bond donors (Lipinski definition) is 2. The van der Waals surface area contributed by atoms with Crippen LogP contribution in [0.4, 0.5) is 5.69 Å². The summed E-state index contributed by atoms with van der Waals surface area (Å²) in [6, 6.07) is 14.4. The Kier molecular flexibility index (Phi) is 6.90. The van der Waals surface area contributed by atoms with Crippen LogP contribution in [0.2, 0.25) is 5.02 Å². The van der Waals surface area contributed by atoms with Crippen molar-refractivity contribution in [2.45, 2.75) is 18.9 Å². The highest BCUT2D eigenvalue weighted by atomic mass is 35.5. The average molecular weight is 402 g/mol. The molecule has 0 bridgehead atoms. The standard InChI is InChI=1S/C21H24ClN3O3/c1-25(11-12-28-19-9-5-16(22)6-10-19)14-20(26)23-18-4-2-3-15(13-18)21(27)24-17-7-8-17/h2-6,9-10,13,17H,7-8,11-12,14H2,1H3,(H,23,26)(H,24,27). The molecular weight excluding hydrogens is 378 g/mol. The van der Waals surface area contributed by atoms with Crippen LogP contribution >= 0.6 is 11.6 Å². The number of nitrogens with one attached hydrogen (secondary N) is 2. The summed E-state index contributed by atoms with van der Waals surface area (Å²) in [5, 5.41) is 6.44. The fourth-order valence-corrected chi connectivity index (χ4v) is 2.74. The van der Waals surface area contributed by atoms with Crippen molar-refractivity contribution in [2.24, 2.45) is 0 Å². The van der Waals surface area contributed by atoms with Gasteiger partial charge in [0.2, 0.25) is 5.91 Å². The zero-order valence-electron chi connectivity index (χ0n) is 15.8. The average Bonchev–Trinajstić information content (AvgIpc) is 3.47. The largest absolute Gasteiger partial charge is 0.492 e. The van der Waals surface area contributed by atoms with E-state index in [1.165, 1.54) is 0 Å². The molecule has 0 aromatic heterocycles. The third-order valence-corrected chi connectivity index (χ3v) is 4.54. The van der Waals surface area contributed by atoms with Crippen LogP contribution in [0.25, 0.3) is 0 Å². The first kappa shape index (κ1) is 20.2. The molecule has 28 heavy (non-hydrogen) atoms. The number of hydrogen-bond acceptors (Lipinski definition) is 4. The number of halogens is 1. The van der Waals surface area contributed by atoms with Gasteiger partial charge in [0.1, 0.15) is 12.4 Å². The molecule has 0 aliphatic heterocycles. The third-order valence-electron chi connectivity index (χ3n) is 4.29. The van der Waals surface area contributed by atoms with Gasteiger partial charge in [-0.3, -0.25) is 14.5 Å². The van der Waals surface area contributed by atoms with E-state index in [0.717, 1.165) is 18.6 Å². The number of ether oxygens (including phenoxy) is 1. The van der Waals surface area contributed by atoms with E-state index in [1.54, 1.807) is 48.5 Å². The van der Waals surface area contributed by atoms with Crippen molar-refractivity contribution < 1.29 is 14.3 Å². The topological polar surface area (TPSA) is 70.7 Å². The predicted octanol–water partition coefficient (Wildman–Crippen LogP) is 3.18. The quantitative estimate of drug-likeness (QED) is 0.677. The minimum absolute atomic E-state index is 0.102. The fourth-order valence-electron chi connectivity index (χ4n) is 2.61. The van der Waals surface area contributed by atoms with Crippen LogP contribution in [0.3, 0.4) is 0 Å². The molecule has 0 saturated heterocycles. The van der Waals surface area contributed by atoms with Crippen molar-refractivity contribution in [2.75, 3.05) is 32.1 Å². The monoisotopic (exact) mass is 401 g/mol. The van der Waals surface area contributed by atoms with E-state index in [2.05, 4.69) is 10.6 Å². The van der Waals surface area contributed by atoms with E-state index in [9.17, 15) is 9.59 Å². The van der Waals surface area contributed by atoms with Gasteiger partial charge in [-0.2, -0.15) is 0 Å². The second kappa shape index (κ2) is 9.57. The molecule has 2 amide bonds. The van der Waals surface area contributed by atoms with Gasteiger partial charge in [0.25, 0.3) is 5.91 Å². The van der Waals surface area contributed by atoms with Gasteiger partial charge in [-0.15, -0.1) is 0 Å². The van der Waals surface area contributed by atoms with E-state index >= 15 is 0 Å². The number of anilines is 1. The Morgan fingerprint density at radius 2 is 1.93 bits per heavy atom. The Labute approximate surface area is 169 Å². The zero-order valence-corrected chi connectivity index (χ0v) is 16.5. The molecule has 0 radical (unpaired) electrons. The van der Waals surface area contributed by atoms with Crippen LogP contribution in [0.5, 0.6) is 5.75 Å². The van der Waals surface area contributed by atoms with E-state index < -0.39 is 0 Å². The normalized spacial score (nSPS) is 13.2. The maximum absolute atomic E-state index is 12.3.